The third kappa shape index (κ3) is 4.12. The van der Waals surface area contributed by atoms with Crippen LogP contribution in [0, 0.1) is 0 Å². The number of nitrogens with zero attached hydrogens (tertiary/aromatic N) is 6. The smallest absolute Gasteiger partial charge is 0.225 e. The lowest BCUT2D eigenvalue weighted by Gasteiger charge is -2.33. The van der Waals surface area contributed by atoms with Crippen LogP contribution in [0.5, 0.6) is 5.75 Å². The van der Waals surface area contributed by atoms with Gasteiger partial charge in [-0.2, -0.15) is 0 Å². The maximum atomic E-state index is 6.13. The maximum absolute atomic E-state index is 6.13. The normalized spacial score (nSPS) is 16.5. The molecule has 0 aliphatic carbocycles. The van der Waals surface area contributed by atoms with E-state index in [1.54, 1.807) is 19.5 Å². The summed E-state index contributed by atoms with van der Waals surface area (Å²) in [5.74, 6) is 2.16. The summed E-state index contributed by atoms with van der Waals surface area (Å²) >= 11 is 0. The molecular formula is C21H24N6O2. The zero-order valence-corrected chi connectivity index (χ0v) is 16.8. The molecule has 0 N–H and O–H groups in total. The third-order valence-corrected chi connectivity index (χ3v) is 4.81. The Morgan fingerprint density at radius 1 is 1.10 bits per heavy atom. The molecule has 3 heterocycles. The molecule has 1 aliphatic heterocycles. The Bertz CT molecular complexity index is 949. The fraction of sp³-hybridized carbons (Fsp3) is 0.333. The van der Waals surface area contributed by atoms with Gasteiger partial charge in [0.25, 0.3) is 0 Å². The predicted molar refractivity (Wildman–Crippen MR) is 111 cm³/mol. The van der Waals surface area contributed by atoms with Crippen molar-refractivity contribution in [2.45, 2.75) is 6.10 Å². The molecule has 2 aromatic heterocycles. The Labute approximate surface area is 170 Å². The van der Waals surface area contributed by atoms with Crippen LogP contribution in [-0.2, 0) is 4.74 Å². The molecule has 1 fully saturated rings. The lowest BCUT2D eigenvalue weighted by atomic mass is 10.0. The van der Waals surface area contributed by atoms with Gasteiger partial charge in [-0.15, -0.1) is 0 Å². The highest BCUT2D eigenvalue weighted by atomic mass is 16.5. The van der Waals surface area contributed by atoms with Crippen LogP contribution in [-0.4, -0.2) is 60.8 Å². The number of ether oxygens (including phenoxy) is 2. The molecule has 8 heteroatoms. The van der Waals surface area contributed by atoms with Crippen LogP contribution in [0.1, 0.15) is 11.8 Å². The quantitative estimate of drug-likeness (QED) is 0.656. The van der Waals surface area contributed by atoms with Crippen molar-refractivity contribution in [3.63, 3.8) is 0 Å². The van der Waals surface area contributed by atoms with Crippen molar-refractivity contribution in [3.8, 4) is 16.9 Å². The van der Waals surface area contributed by atoms with E-state index in [0.29, 0.717) is 25.0 Å². The minimum atomic E-state index is -0.216. The SMILES string of the molecule is COc1ccc(-c2cnc(N(C)C)nc2[C@H]2CN(c3ncccn3)CCO2)cc1. The first-order valence-electron chi connectivity index (χ1n) is 9.48. The number of hydrogen-bond donors (Lipinski definition) is 0. The molecular weight excluding hydrogens is 368 g/mol. The van der Waals surface area contributed by atoms with E-state index in [9.17, 15) is 0 Å². The number of morpholine rings is 1. The molecule has 1 aromatic carbocycles. The topological polar surface area (TPSA) is 76.5 Å². The van der Waals surface area contributed by atoms with E-state index in [0.717, 1.165) is 29.1 Å². The van der Waals surface area contributed by atoms with Gasteiger partial charge in [-0.3, -0.25) is 0 Å². The molecule has 1 saturated heterocycles. The second kappa shape index (κ2) is 8.40. The van der Waals surface area contributed by atoms with Crippen molar-refractivity contribution < 1.29 is 9.47 Å². The van der Waals surface area contributed by atoms with Crippen molar-refractivity contribution in [1.29, 1.82) is 0 Å². The van der Waals surface area contributed by atoms with E-state index < -0.39 is 0 Å². The summed E-state index contributed by atoms with van der Waals surface area (Å²) in [4.78, 5) is 22.1. The number of methoxy groups -OCH3 is 1. The van der Waals surface area contributed by atoms with Crippen molar-refractivity contribution in [1.82, 2.24) is 19.9 Å². The molecule has 0 radical (unpaired) electrons. The van der Waals surface area contributed by atoms with Crippen molar-refractivity contribution in [2.75, 3.05) is 50.7 Å². The highest BCUT2D eigenvalue weighted by Gasteiger charge is 2.28. The number of anilines is 2. The highest BCUT2D eigenvalue weighted by molar-refractivity contribution is 5.67. The number of rotatable bonds is 5. The molecule has 0 bridgehead atoms. The van der Waals surface area contributed by atoms with Gasteiger partial charge in [-0.05, 0) is 23.8 Å². The summed E-state index contributed by atoms with van der Waals surface area (Å²) in [6, 6.07) is 9.71. The van der Waals surface area contributed by atoms with Crippen LogP contribution in [0.2, 0.25) is 0 Å². The first-order valence-corrected chi connectivity index (χ1v) is 9.48. The molecule has 1 aliphatic rings. The molecule has 3 aromatic rings. The van der Waals surface area contributed by atoms with E-state index in [2.05, 4.69) is 19.9 Å². The number of aromatic nitrogens is 4. The second-order valence-electron chi connectivity index (χ2n) is 6.95. The number of benzene rings is 1. The van der Waals surface area contributed by atoms with Crippen LogP contribution < -0.4 is 14.5 Å². The van der Waals surface area contributed by atoms with Gasteiger partial charge in [0.1, 0.15) is 11.9 Å². The standard InChI is InChI=1S/C21H24N6O2/c1-26(2)21-24-13-17(15-5-7-16(28-3)8-6-15)19(25-21)18-14-27(11-12-29-18)20-22-9-4-10-23-20/h4-10,13,18H,11-12,14H2,1-3H3/t18-/m1/s1. The zero-order chi connectivity index (χ0) is 20.2. The fourth-order valence-electron chi connectivity index (χ4n) is 3.29. The van der Waals surface area contributed by atoms with Crippen molar-refractivity contribution >= 4 is 11.9 Å². The third-order valence-electron chi connectivity index (χ3n) is 4.81. The average Bonchev–Trinajstić information content (AvgIpc) is 2.79. The van der Waals surface area contributed by atoms with Gasteiger partial charge < -0.3 is 19.3 Å². The van der Waals surface area contributed by atoms with Gasteiger partial charge in [-0.25, -0.2) is 19.9 Å². The Kier molecular flexibility index (Phi) is 5.53. The van der Waals surface area contributed by atoms with Crippen LogP contribution >= 0.6 is 0 Å². The van der Waals surface area contributed by atoms with Crippen molar-refractivity contribution in [2.24, 2.45) is 0 Å². The van der Waals surface area contributed by atoms with E-state index in [-0.39, 0.29) is 6.10 Å². The van der Waals surface area contributed by atoms with Crippen molar-refractivity contribution in [3.05, 3.63) is 54.6 Å². The second-order valence-corrected chi connectivity index (χ2v) is 6.95. The largest absolute Gasteiger partial charge is 0.497 e. The Morgan fingerprint density at radius 2 is 1.86 bits per heavy atom. The van der Waals surface area contributed by atoms with Gasteiger partial charge in [0, 0.05) is 44.8 Å². The van der Waals surface area contributed by atoms with Gasteiger partial charge >= 0.3 is 0 Å². The van der Waals surface area contributed by atoms with Gasteiger partial charge in [-0.1, -0.05) is 12.1 Å². The van der Waals surface area contributed by atoms with E-state index >= 15 is 0 Å². The summed E-state index contributed by atoms with van der Waals surface area (Å²) in [7, 11) is 5.52. The van der Waals surface area contributed by atoms with Gasteiger partial charge in [0.15, 0.2) is 0 Å². The molecule has 4 rings (SSSR count). The first kappa shape index (κ1) is 19.1. The van der Waals surface area contributed by atoms with Crippen LogP contribution in [0.25, 0.3) is 11.1 Å². The molecule has 0 saturated carbocycles. The van der Waals surface area contributed by atoms with Gasteiger partial charge in [0.2, 0.25) is 11.9 Å². The molecule has 8 nitrogen and oxygen atoms in total. The number of hydrogen-bond acceptors (Lipinski definition) is 8. The maximum Gasteiger partial charge on any atom is 0.225 e. The minimum Gasteiger partial charge on any atom is -0.497 e. The zero-order valence-electron chi connectivity index (χ0n) is 16.8. The van der Waals surface area contributed by atoms with E-state index in [1.165, 1.54) is 0 Å². The Morgan fingerprint density at radius 3 is 2.55 bits per heavy atom. The predicted octanol–water partition coefficient (Wildman–Crippen LogP) is 2.59. The van der Waals surface area contributed by atoms with Crippen LogP contribution in [0.3, 0.4) is 0 Å². The molecule has 1 atom stereocenters. The average molecular weight is 392 g/mol. The van der Waals surface area contributed by atoms with E-state index in [4.69, 9.17) is 14.5 Å². The summed E-state index contributed by atoms with van der Waals surface area (Å²) in [5, 5.41) is 0. The summed E-state index contributed by atoms with van der Waals surface area (Å²) in [6.45, 7) is 1.94. The Balaban J connectivity index is 1.71. The lowest BCUT2D eigenvalue weighted by Crippen LogP contribution is -2.39. The molecule has 29 heavy (non-hydrogen) atoms. The minimum absolute atomic E-state index is 0.216. The van der Waals surface area contributed by atoms with E-state index in [1.807, 2.05) is 55.5 Å². The molecule has 0 amide bonds. The van der Waals surface area contributed by atoms with Gasteiger partial charge in [0.05, 0.1) is 26.0 Å². The monoisotopic (exact) mass is 392 g/mol. The lowest BCUT2D eigenvalue weighted by molar-refractivity contribution is 0.0368. The summed E-state index contributed by atoms with van der Waals surface area (Å²) in [5.41, 5.74) is 2.82. The Hall–Kier alpha value is -3.26. The highest BCUT2D eigenvalue weighted by Crippen LogP contribution is 2.32. The summed E-state index contributed by atoms with van der Waals surface area (Å²) in [6.07, 6.45) is 5.15. The van der Waals surface area contributed by atoms with Crippen LogP contribution in [0.15, 0.2) is 48.9 Å². The fourth-order valence-corrected chi connectivity index (χ4v) is 3.29. The molecule has 150 valence electrons. The molecule has 0 spiro atoms. The van der Waals surface area contributed by atoms with Crippen LogP contribution in [0.4, 0.5) is 11.9 Å². The summed E-state index contributed by atoms with van der Waals surface area (Å²) < 4.78 is 11.4. The molecule has 0 unspecified atom stereocenters. The first-order chi connectivity index (χ1) is 14.2.